The van der Waals surface area contributed by atoms with Crippen LogP contribution in [-0.4, -0.2) is 31.0 Å². The third kappa shape index (κ3) is 3.58. The van der Waals surface area contributed by atoms with Crippen molar-refractivity contribution >= 4 is 23.1 Å². The lowest BCUT2D eigenvalue weighted by molar-refractivity contribution is -0.132. The van der Waals surface area contributed by atoms with Crippen molar-refractivity contribution in [3.8, 4) is 11.5 Å². The predicted octanol–water partition coefficient (Wildman–Crippen LogP) is 4.47. The van der Waals surface area contributed by atoms with Crippen molar-refractivity contribution in [1.82, 2.24) is 0 Å². The van der Waals surface area contributed by atoms with Gasteiger partial charge in [0, 0.05) is 5.69 Å². The number of carbonyl (C=O) groups is 2. The number of benzene rings is 3. The van der Waals surface area contributed by atoms with E-state index in [4.69, 9.17) is 9.47 Å². The molecule has 1 aliphatic heterocycles. The van der Waals surface area contributed by atoms with Gasteiger partial charge in [0.2, 0.25) is 0 Å². The third-order valence-electron chi connectivity index (χ3n) is 5.33. The highest BCUT2D eigenvalue weighted by Gasteiger charge is 2.47. The van der Waals surface area contributed by atoms with Crippen LogP contribution in [0.5, 0.6) is 11.5 Å². The lowest BCUT2D eigenvalue weighted by Crippen LogP contribution is -2.29. The van der Waals surface area contributed by atoms with Crippen molar-refractivity contribution in [3.05, 3.63) is 95.3 Å². The molecule has 0 radical (unpaired) electrons. The van der Waals surface area contributed by atoms with Gasteiger partial charge in [-0.1, -0.05) is 30.3 Å². The molecule has 1 amide bonds. The molecule has 32 heavy (non-hydrogen) atoms. The van der Waals surface area contributed by atoms with Gasteiger partial charge in [-0.05, 0) is 48.0 Å². The minimum atomic E-state index is -0.919. The lowest BCUT2D eigenvalue weighted by atomic mass is 9.94. The van der Waals surface area contributed by atoms with E-state index in [0.29, 0.717) is 22.7 Å². The zero-order valence-electron chi connectivity index (χ0n) is 17.4. The SMILES string of the molecule is COc1ccc(OC)c(/C(O)=C2\C(=O)C(=O)N(c3ccc(F)cc3)C2c2ccccc2)c1. The number of hydrogen-bond acceptors (Lipinski definition) is 5. The smallest absolute Gasteiger partial charge is 0.300 e. The van der Waals surface area contributed by atoms with Crippen molar-refractivity contribution in [2.24, 2.45) is 0 Å². The highest BCUT2D eigenvalue weighted by Crippen LogP contribution is 2.43. The lowest BCUT2D eigenvalue weighted by Gasteiger charge is -2.25. The summed E-state index contributed by atoms with van der Waals surface area (Å²) in [4.78, 5) is 27.5. The molecular formula is C25H20FNO5. The monoisotopic (exact) mass is 433 g/mol. The minimum absolute atomic E-state index is 0.0999. The fourth-order valence-electron chi connectivity index (χ4n) is 3.80. The molecule has 1 unspecified atom stereocenters. The Labute approximate surface area is 184 Å². The highest BCUT2D eigenvalue weighted by atomic mass is 19.1. The number of rotatable bonds is 5. The van der Waals surface area contributed by atoms with Gasteiger partial charge in [-0.2, -0.15) is 0 Å². The van der Waals surface area contributed by atoms with Crippen molar-refractivity contribution in [2.75, 3.05) is 19.1 Å². The number of aliphatic hydroxyl groups is 1. The first-order chi connectivity index (χ1) is 15.5. The summed E-state index contributed by atoms with van der Waals surface area (Å²) in [7, 11) is 2.91. The Hall–Kier alpha value is -4.13. The molecule has 1 heterocycles. The number of methoxy groups -OCH3 is 2. The van der Waals surface area contributed by atoms with Crippen LogP contribution < -0.4 is 14.4 Å². The van der Waals surface area contributed by atoms with Gasteiger partial charge in [0.05, 0.1) is 31.4 Å². The first kappa shape index (κ1) is 21.1. The number of ether oxygens (including phenoxy) is 2. The molecule has 0 bridgehead atoms. The third-order valence-corrected chi connectivity index (χ3v) is 5.33. The number of nitrogens with zero attached hydrogens (tertiary/aromatic N) is 1. The molecule has 1 fully saturated rings. The van der Waals surface area contributed by atoms with E-state index in [1.165, 1.54) is 49.5 Å². The summed E-state index contributed by atoms with van der Waals surface area (Å²) in [5.41, 5.74) is 1.06. The van der Waals surface area contributed by atoms with Crippen molar-refractivity contribution in [3.63, 3.8) is 0 Å². The second kappa shape index (κ2) is 8.55. The van der Waals surface area contributed by atoms with Crippen LogP contribution in [0.4, 0.5) is 10.1 Å². The normalized spacial score (nSPS) is 17.5. The summed E-state index contributed by atoms with van der Waals surface area (Å²) in [5.74, 6) is -1.79. The summed E-state index contributed by atoms with van der Waals surface area (Å²) < 4.78 is 24.1. The number of hydrogen-bond donors (Lipinski definition) is 1. The van der Waals surface area contributed by atoms with Gasteiger partial charge in [-0.25, -0.2) is 4.39 Å². The van der Waals surface area contributed by atoms with E-state index in [1.807, 2.05) is 0 Å². The van der Waals surface area contributed by atoms with Crippen LogP contribution in [0.3, 0.4) is 0 Å². The number of anilines is 1. The Morgan fingerprint density at radius 1 is 0.938 bits per heavy atom. The Morgan fingerprint density at radius 2 is 1.62 bits per heavy atom. The second-order valence-electron chi connectivity index (χ2n) is 7.12. The average Bonchev–Trinajstić information content (AvgIpc) is 3.09. The molecule has 0 aromatic heterocycles. The van der Waals surface area contributed by atoms with E-state index < -0.39 is 29.3 Å². The molecule has 6 nitrogen and oxygen atoms in total. The van der Waals surface area contributed by atoms with E-state index in [0.717, 1.165) is 0 Å². The Bertz CT molecular complexity index is 1200. The van der Waals surface area contributed by atoms with Gasteiger partial charge in [0.1, 0.15) is 23.1 Å². The van der Waals surface area contributed by atoms with E-state index in [2.05, 4.69) is 0 Å². The topological polar surface area (TPSA) is 76.1 Å². The second-order valence-corrected chi connectivity index (χ2v) is 7.12. The van der Waals surface area contributed by atoms with Crippen LogP contribution in [0.25, 0.3) is 5.76 Å². The van der Waals surface area contributed by atoms with Crippen LogP contribution in [0, 0.1) is 5.82 Å². The first-order valence-corrected chi connectivity index (χ1v) is 9.80. The molecule has 1 saturated heterocycles. The van der Waals surface area contributed by atoms with Gasteiger partial charge in [-0.3, -0.25) is 14.5 Å². The zero-order chi connectivity index (χ0) is 22.8. The maximum Gasteiger partial charge on any atom is 0.300 e. The standard InChI is InChI=1S/C25H20FNO5/c1-31-18-12-13-20(32-2)19(14-18)23(28)21-22(15-6-4-3-5-7-15)27(25(30)24(21)29)17-10-8-16(26)9-11-17/h3-14,22,28H,1-2H3/b23-21+. The van der Waals surface area contributed by atoms with Gasteiger partial charge in [-0.15, -0.1) is 0 Å². The molecule has 1 aliphatic rings. The molecule has 0 saturated carbocycles. The number of carbonyl (C=O) groups excluding carboxylic acids is 2. The van der Waals surface area contributed by atoms with Crippen LogP contribution in [0.1, 0.15) is 17.2 Å². The maximum absolute atomic E-state index is 13.5. The Morgan fingerprint density at radius 3 is 2.25 bits per heavy atom. The maximum atomic E-state index is 13.5. The number of Topliss-reactive ketones (excluding diaryl/α,β-unsaturated/α-hetero) is 1. The fourth-order valence-corrected chi connectivity index (χ4v) is 3.80. The van der Waals surface area contributed by atoms with Crippen molar-refractivity contribution in [2.45, 2.75) is 6.04 Å². The van der Waals surface area contributed by atoms with Crippen LogP contribution in [0.15, 0.2) is 78.4 Å². The van der Waals surface area contributed by atoms with Crippen LogP contribution >= 0.6 is 0 Å². The molecule has 0 spiro atoms. The summed E-state index contributed by atoms with van der Waals surface area (Å²) in [6.07, 6.45) is 0. The first-order valence-electron chi connectivity index (χ1n) is 9.80. The predicted molar refractivity (Wildman–Crippen MR) is 117 cm³/mol. The number of halogens is 1. The summed E-state index contributed by atoms with van der Waals surface area (Å²) in [5, 5.41) is 11.3. The van der Waals surface area contributed by atoms with Gasteiger partial charge >= 0.3 is 0 Å². The molecule has 1 N–H and O–H groups in total. The van der Waals surface area contributed by atoms with Crippen LogP contribution in [-0.2, 0) is 9.59 Å². The summed E-state index contributed by atoms with van der Waals surface area (Å²) in [6, 6.07) is 18.0. The molecule has 3 aromatic carbocycles. The molecule has 1 atom stereocenters. The molecular weight excluding hydrogens is 413 g/mol. The average molecular weight is 433 g/mol. The number of ketones is 1. The largest absolute Gasteiger partial charge is 0.507 e. The van der Waals surface area contributed by atoms with E-state index >= 15 is 0 Å². The van der Waals surface area contributed by atoms with Crippen molar-refractivity contribution in [1.29, 1.82) is 0 Å². The number of aliphatic hydroxyl groups excluding tert-OH is 1. The minimum Gasteiger partial charge on any atom is -0.507 e. The molecule has 162 valence electrons. The van der Waals surface area contributed by atoms with Gasteiger partial charge in [0.15, 0.2) is 0 Å². The fraction of sp³-hybridized carbons (Fsp3) is 0.120. The quantitative estimate of drug-likeness (QED) is 0.365. The van der Waals surface area contributed by atoms with E-state index in [1.54, 1.807) is 42.5 Å². The Balaban J connectivity index is 1.97. The summed E-state index contributed by atoms with van der Waals surface area (Å²) >= 11 is 0. The molecule has 4 rings (SSSR count). The zero-order valence-corrected chi connectivity index (χ0v) is 17.4. The van der Waals surface area contributed by atoms with Gasteiger partial charge < -0.3 is 14.6 Å². The van der Waals surface area contributed by atoms with Gasteiger partial charge in [0.25, 0.3) is 11.7 Å². The molecule has 7 heteroatoms. The van der Waals surface area contributed by atoms with Crippen molar-refractivity contribution < 1.29 is 28.6 Å². The molecule has 0 aliphatic carbocycles. The summed E-state index contributed by atoms with van der Waals surface area (Å²) in [6.45, 7) is 0. The van der Waals surface area contributed by atoms with E-state index in [-0.39, 0.29) is 11.1 Å². The van der Waals surface area contributed by atoms with E-state index in [9.17, 15) is 19.1 Å². The Kier molecular flexibility index (Phi) is 5.64. The highest BCUT2D eigenvalue weighted by molar-refractivity contribution is 6.51. The van der Waals surface area contributed by atoms with Crippen LogP contribution in [0.2, 0.25) is 0 Å². The number of amides is 1. The molecule has 3 aromatic rings.